The normalized spacial score (nSPS) is 12.0. The van der Waals surface area contributed by atoms with Crippen LogP contribution in [0.4, 0.5) is 0 Å². The zero-order chi connectivity index (χ0) is 17.6. The second kappa shape index (κ2) is 7.98. The van der Waals surface area contributed by atoms with Crippen LogP contribution in [0.15, 0.2) is 48.0 Å². The van der Waals surface area contributed by atoms with Crippen molar-refractivity contribution in [3.05, 3.63) is 58.4 Å². The molecule has 0 saturated heterocycles. The summed E-state index contributed by atoms with van der Waals surface area (Å²) in [4.78, 5) is 28.2. The van der Waals surface area contributed by atoms with Crippen molar-refractivity contribution in [1.82, 2.24) is 10.3 Å². The van der Waals surface area contributed by atoms with E-state index >= 15 is 0 Å². The minimum Gasteiger partial charge on any atom is -0.469 e. The zero-order valence-electron chi connectivity index (χ0n) is 14.0. The van der Waals surface area contributed by atoms with Gasteiger partial charge in [-0.1, -0.05) is 24.3 Å². The number of hydrogen-bond acceptors (Lipinski definition) is 4. The van der Waals surface area contributed by atoms with Crippen molar-refractivity contribution in [2.75, 3.05) is 7.11 Å². The molecule has 1 aromatic carbocycles. The summed E-state index contributed by atoms with van der Waals surface area (Å²) in [6.07, 6.45) is 3.09. The average Bonchev–Trinajstić information content (AvgIpc) is 3.29. The lowest BCUT2D eigenvalue weighted by atomic mass is 10.1. The van der Waals surface area contributed by atoms with Gasteiger partial charge in [0.2, 0.25) is 5.91 Å². The Labute approximate surface area is 150 Å². The molecule has 0 aliphatic rings. The third-order valence-electron chi connectivity index (χ3n) is 4.12. The van der Waals surface area contributed by atoms with Gasteiger partial charge in [-0.25, -0.2) is 0 Å². The third kappa shape index (κ3) is 4.28. The summed E-state index contributed by atoms with van der Waals surface area (Å²) in [6, 6.07) is 11.5. The molecular formula is C19H20N2O3S. The van der Waals surface area contributed by atoms with Crippen molar-refractivity contribution in [1.29, 1.82) is 0 Å². The van der Waals surface area contributed by atoms with Gasteiger partial charge in [0, 0.05) is 28.4 Å². The monoisotopic (exact) mass is 356 g/mol. The molecule has 0 fully saturated rings. The molecule has 0 aliphatic heterocycles. The lowest BCUT2D eigenvalue weighted by molar-refractivity contribution is -0.141. The van der Waals surface area contributed by atoms with E-state index in [4.69, 9.17) is 4.74 Å². The molecule has 0 spiro atoms. The molecule has 5 nitrogen and oxygen atoms in total. The summed E-state index contributed by atoms with van der Waals surface area (Å²) in [5.74, 6) is -0.414. The number of thiophene rings is 1. The highest BCUT2D eigenvalue weighted by Gasteiger charge is 2.20. The fourth-order valence-corrected chi connectivity index (χ4v) is 3.59. The first-order chi connectivity index (χ1) is 12.2. The number of fused-ring (bicyclic) bond motifs is 1. The number of nitrogens with one attached hydrogen (secondary N) is 2. The van der Waals surface area contributed by atoms with Gasteiger partial charge in [-0.15, -0.1) is 11.3 Å². The van der Waals surface area contributed by atoms with Crippen LogP contribution in [0.5, 0.6) is 0 Å². The summed E-state index contributed by atoms with van der Waals surface area (Å²) in [5, 5.41) is 6.02. The maximum absolute atomic E-state index is 12.4. The van der Waals surface area contributed by atoms with Crippen LogP contribution in [0.25, 0.3) is 10.9 Å². The Kier molecular flexibility index (Phi) is 5.50. The minimum absolute atomic E-state index is 0.0763. The number of aromatic amines is 1. The standard InChI is InChI=1S/C19H20N2O3S/c1-24-19(23)11-16(17-7-4-10-25-17)21-18(22)9-8-13-12-20-15-6-3-2-5-14(13)15/h2-7,10,12,16,20H,8-9,11H2,1H3,(H,21,22). The van der Waals surface area contributed by atoms with E-state index in [0.29, 0.717) is 12.8 Å². The van der Waals surface area contributed by atoms with Gasteiger partial charge < -0.3 is 15.0 Å². The van der Waals surface area contributed by atoms with E-state index in [1.165, 1.54) is 18.4 Å². The number of carbonyl (C=O) groups is 2. The Balaban J connectivity index is 1.62. The predicted octanol–water partition coefficient (Wildman–Crippen LogP) is 3.58. The molecule has 2 aromatic heterocycles. The number of rotatable bonds is 7. The number of aromatic nitrogens is 1. The number of ether oxygens (including phenoxy) is 1. The Morgan fingerprint density at radius 2 is 2.08 bits per heavy atom. The molecule has 25 heavy (non-hydrogen) atoms. The molecule has 130 valence electrons. The first-order valence-electron chi connectivity index (χ1n) is 8.12. The predicted molar refractivity (Wildman–Crippen MR) is 98.5 cm³/mol. The second-order valence-corrected chi connectivity index (χ2v) is 6.75. The number of amides is 1. The molecule has 0 saturated carbocycles. The van der Waals surface area contributed by atoms with Gasteiger partial charge >= 0.3 is 5.97 Å². The largest absolute Gasteiger partial charge is 0.469 e. The molecule has 1 unspecified atom stereocenters. The molecule has 0 aliphatic carbocycles. The summed E-state index contributed by atoms with van der Waals surface area (Å²) >= 11 is 1.52. The van der Waals surface area contributed by atoms with E-state index in [1.807, 2.05) is 48.0 Å². The van der Waals surface area contributed by atoms with Crippen LogP contribution in [0.1, 0.15) is 29.3 Å². The van der Waals surface area contributed by atoms with Crippen molar-refractivity contribution in [2.24, 2.45) is 0 Å². The SMILES string of the molecule is COC(=O)CC(NC(=O)CCc1c[nH]c2ccccc12)c1cccs1. The van der Waals surface area contributed by atoms with Gasteiger partial charge in [-0.3, -0.25) is 9.59 Å². The zero-order valence-corrected chi connectivity index (χ0v) is 14.8. The highest BCUT2D eigenvalue weighted by Crippen LogP contribution is 2.23. The summed E-state index contributed by atoms with van der Waals surface area (Å²) in [5.41, 5.74) is 2.19. The quantitative estimate of drug-likeness (QED) is 0.636. The molecule has 1 amide bonds. The van der Waals surface area contributed by atoms with Crippen LogP contribution in [-0.2, 0) is 20.7 Å². The van der Waals surface area contributed by atoms with E-state index in [0.717, 1.165) is 21.3 Å². The first kappa shape index (κ1) is 17.2. The highest BCUT2D eigenvalue weighted by atomic mass is 32.1. The van der Waals surface area contributed by atoms with Crippen molar-refractivity contribution >= 4 is 34.1 Å². The second-order valence-electron chi connectivity index (χ2n) is 5.78. The van der Waals surface area contributed by atoms with Crippen molar-refractivity contribution < 1.29 is 14.3 Å². The molecule has 0 bridgehead atoms. The number of benzene rings is 1. The van der Waals surface area contributed by atoms with Crippen LogP contribution in [-0.4, -0.2) is 24.0 Å². The molecule has 3 rings (SSSR count). The lowest BCUT2D eigenvalue weighted by Crippen LogP contribution is -2.30. The molecule has 3 aromatic rings. The van der Waals surface area contributed by atoms with Gasteiger partial charge in [0.1, 0.15) is 0 Å². The Hall–Kier alpha value is -2.60. The van der Waals surface area contributed by atoms with Crippen LogP contribution < -0.4 is 5.32 Å². The van der Waals surface area contributed by atoms with E-state index in [-0.39, 0.29) is 24.3 Å². The van der Waals surface area contributed by atoms with Crippen LogP contribution in [0.2, 0.25) is 0 Å². The maximum atomic E-state index is 12.4. The van der Waals surface area contributed by atoms with E-state index in [1.54, 1.807) is 0 Å². The van der Waals surface area contributed by atoms with Crippen molar-refractivity contribution in [3.63, 3.8) is 0 Å². The maximum Gasteiger partial charge on any atom is 0.307 e. The lowest BCUT2D eigenvalue weighted by Gasteiger charge is -2.16. The number of hydrogen-bond donors (Lipinski definition) is 2. The van der Waals surface area contributed by atoms with E-state index in [9.17, 15) is 9.59 Å². The summed E-state index contributed by atoms with van der Waals surface area (Å²) in [7, 11) is 1.35. The number of esters is 1. The van der Waals surface area contributed by atoms with Crippen molar-refractivity contribution in [2.45, 2.75) is 25.3 Å². The highest BCUT2D eigenvalue weighted by molar-refractivity contribution is 7.10. The van der Waals surface area contributed by atoms with Crippen LogP contribution in [0.3, 0.4) is 0 Å². The van der Waals surface area contributed by atoms with Gasteiger partial charge in [-0.2, -0.15) is 0 Å². The number of methoxy groups -OCH3 is 1. The van der Waals surface area contributed by atoms with Gasteiger partial charge in [0.05, 0.1) is 19.6 Å². The smallest absolute Gasteiger partial charge is 0.307 e. The molecule has 6 heteroatoms. The minimum atomic E-state index is -0.345. The fourth-order valence-electron chi connectivity index (χ4n) is 2.82. The average molecular weight is 356 g/mol. The molecule has 2 heterocycles. The summed E-state index contributed by atoms with van der Waals surface area (Å²) in [6.45, 7) is 0. The number of carbonyl (C=O) groups excluding carboxylic acids is 2. The molecule has 2 N–H and O–H groups in total. The van der Waals surface area contributed by atoms with E-state index in [2.05, 4.69) is 10.3 Å². The summed E-state index contributed by atoms with van der Waals surface area (Å²) < 4.78 is 4.74. The third-order valence-corrected chi connectivity index (χ3v) is 5.10. The Bertz CT molecular complexity index is 855. The molecule has 1 atom stereocenters. The Morgan fingerprint density at radius 3 is 2.84 bits per heavy atom. The van der Waals surface area contributed by atoms with Gasteiger partial charge in [-0.05, 0) is 29.5 Å². The van der Waals surface area contributed by atoms with Gasteiger partial charge in [0.15, 0.2) is 0 Å². The Morgan fingerprint density at radius 1 is 1.24 bits per heavy atom. The van der Waals surface area contributed by atoms with Gasteiger partial charge in [0.25, 0.3) is 0 Å². The van der Waals surface area contributed by atoms with Crippen molar-refractivity contribution in [3.8, 4) is 0 Å². The van der Waals surface area contributed by atoms with Crippen LogP contribution >= 0.6 is 11.3 Å². The number of para-hydroxylation sites is 1. The number of H-pyrrole nitrogens is 1. The fraction of sp³-hybridized carbons (Fsp3) is 0.263. The topological polar surface area (TPSA) is 71.2 Å². The molecular weight excluding hydrogens is 336 g/mol. The molecule has 0 radical (unpaired) electrons. The van der Waals surface area contributed by atoms with Crippen LogP contribution in [0, 0.1) is 0 Å². The van der Waals surface area contributed by atoms with E-state index < -0.39 is 0 Å². The number of aryl methyl sites for hydroxylation is 1. The first-order valence-corrected chi connectivity index (χ1v) is 9.00.